The van der Waals surface area contributed by atoms with E-state index >= 15 is 0 Å². The maximum absolute atomic E-state index is 5.30. The maximum Gasteiger partial charge on any atom is 0.0642 e. The highest BCUT2D eigenvalue weighted by molar-refractivity contribution is 6.42. The highest BCUT2D eigenvalue weighted by Gasteiger charge is 2.16. The fourth-order valence-electron chi connectivity index (χ4n) is 7.15. The zero-order valence-corrected chi connectivity index (χ0v) is 31.1. The van der Waals surface area contributed by atoms with Crippen molar-refractivity contribution in [2.45, 2.75) is 105 Å². The van der Waals surface area contributed by atoms with Gasteiger partial charge < -0.3 is 0 Å². The quantitative estimate of drug-likeness (QED) is 0.0700. The van der Waals surface area contributed by atoms with Crippen LogP contribution in [0.1, 0.15) is 102 Å². The maximum atomic E-state index is 5.30. The van der Waals surface area contributed by atoms with Crippen molar-refractivity contribution in [1.29, 1.82) is 0 Å². The Morgan fingerprint density at radius 1 is 0.500 bits per heavy atom. The second kappa shape index (κ2) is 19.0. The number of unbranched alkanes of at least 4 members (excludes halogenated alkanes) is 6. The van der Waals surface area contributed by atoms with Crippen molar-refractivity contribution in [3.05, 3.63) is 132 Å². The molecular weight excluding hydrogens is 605 g/mol. The molecule has 0 radical (unpaired) electrons. The third kappa shape index (κ3) is 9.78. The van der Waals surface area contributed by atoms with Crippen LogP contribution in [0.3, 0.4) is 0 Å². The van der Waals surface area contributed by atoms with Crippen molar-refractivity contribution >= 4 is 22.8 Å². The molecule has 258 valence electrons. The molecule has 0 N–H and O–H groups in total. The van der Waals surface area contributed by atoms with Gasteiger partial charge in [-0.25, -0.2) is 0 Å². The van der Waals surface area contributed by atoms with E-state index in [1.54, 1.807) is 0 Å². The lowest BCUT2D eigenvalue weighted by Crippen LogP contribution is -2.08. The molecule has 5 aromatic rings. The van der Waals surface area contributed by atoms with Gasteiger partial charge in [0.05, 0.1) is 22.8 Å². The number of nitrogens with zero attached hydrogens (tertiary/aromatic N) is 2. The third-order valence-corrected chi connectivity index (χ3v) is 9.73. The van der Waals surface area contributed by atoms with Crippen LogP contribution in [0, 0.1) is 6.92 Å². The van der Waals surface area contributed by atoms with E-state index in [1.807, 2.05) is 0 Å². The Hall–Kier alpha value is -4.56. The average molecular weight is 661 g/mol. The van der Waals surface area contributed by atoms with Crippen molar-refractivity contribution < 1.29 is 0 Å². The zero-order chi connectivity index (χ0) is 35.1. The molecular formula is C48H56N2. The van der Waals surface area contributed by atoms with E-state index in [9.17, 15) is 0 Å². The Morgan fingerprint density at radius 3 is 1.60 bits per heavy atom. The predicted molar refractivity (Wildman–Crippen MR) is 220 cm³/mol. The smallest absolute Gasteiger partial charge is 0.0642 e. The summed E-state index contributed by atoms with van der Waals surface area (Å²) in [5.41, 5.74) is 15.8. The first-order valence-electron chi connectivity index (χ1n) is 19.1. The molecule has 5 aromatic carbocycles. The van der Waals surface area contributed by atoms with Gasteiger partial charge in [0.2, 0.25) is 0 Å². The van der Waals surface area contributed by atoms with Gasteiger partial charge in [-0.05, 0) is 120 Å². The van der Waals surface area contributed by atoms with Crippen molar-refractivity contribution in [3.63, 3.8) is 0 Å². The zero-order valence-electron chi connectivity index (χ0n) is 31.1. The topological polar surface area (TPSA) is 24.7 Å². The molecule has 5 rings (SSSR count). The van der Waals surface area contributed by atoms with E-state index in [2.05, 4.69) is 150 Å². The van der Waals surface area contributed by atoms with E-state index in [0.717, 1.165) is 54.9 Å². The van der Waals surface area contributed by atoms with Gasteiger partial charge in [0.15, 0.2) is 0 Å². The number of aryl methyl sites for hydroxylation is 3. The minimum atomic E-state index is 0.817. The van der Waals surface area contributed by atoms with Crippen LogP contribution in [-0.4, -0.2) is 11.4 Å². The molecule has 0 saturated heterocycles. The van der Waals surface area contributed by atoms with Crippen LogP contribution in [0.15, 0.2) is 125 Å². The molecule has 0 saturated carbocycles. The Labute approximate surface area is 302 Å². The Morgan fingerprint density at radius 2 is 1.00 bits per heavy atom. The summed E-state index contributed by atoms with van der Waals surface area (Å²) >= 11 is 0. The van der Waals surface area contributed by atoms with Crippen LogP contribution in [0.25, 0.3) is 33.4 Å². The molecule has 0 aliphatic rings. The summed E-state index contributed by atoms with van der Waals surface area (Å²) in [4.78, 5) is 10.6. The summed E-state index contributed by atoms with van der Waals surface area (Å²) in [6, 6.07) is 41.7. The molecule has 0 fully saturated rings. The monoisotopic (exact) mass is 660 g/mol. The first-order chi connectivity index (χ1) is 24.5. The molecule has 0 heterocycles. The molecule has 50 heavy (non-hydrogen) atoms. The summed E-state index contributed by atoms with van der Waals surface area (Å²) in [5.74, 6) is 0. The SMILES string of the molecule is CCCCCCCCc1cc(N=C(CC)C(C)=Nc2cc(CCCC)c(-c3ccccc3)c(-c3ccccc3)c2)cc(C)c1-c1ccccc1. The predicted octanol–water partition coefficient (Wildman–Crippen LogP) is 14.5. The van der Waals surface area contributed by atoms with E-state index in [-0.39, 0.29) is 0 Å². The van der Waals surface area contributed by atoms with Crippen LogP contribution in [0.2, 0.25) is 0 Å². The normalized spacial score (nSPS) is 12.0. The molecule has 2 nitrogen and oxygen atoms in total. The molecule has 0 aliphatic heterocycles. The molecule has 0 spiro atoms. The van der Waals surface area contributed by atoms with Crippen LogP contribution in [-0.2, 0) is 12.8 Å². The molecule has 0 amide bonds. The van der Waals surface area contributed by atoms with Gasteiger partial charge in [0.1, 0.15) is 0 Å². The summed E-state index contributed by atoms with van der Waals surface area (Å²) in [7, 11) is 0. The molecule has 0 bridgehead atoms. The van der Waals surface area contributed by atoms with Gasteiger partial charge >= 0.3 is 0 Å². The second-order valence-corrected chi connectivity index (χ2v) is 13.7. The summed E-state index contributed by atoms with van der Waals surface area (Å²) in [5, 5.41) is 0. The second-order valence-electron chi connectivity index (χ2n) is 13.7. The van der Waals surface area contributed by atoms with Gasteiger partial charge in [-0.3, -0.25) is 9.98 Å². The van der Waals surface area contributed by atoms with Crippen molar-refractivity contribution in [2.75, 3.05) is 0 Å². The summed E-state index contributed by atoms with van der Waals surface area (Å²) in [6.45, 7) is 11.1. The number of benzene rings is 5. The fourth-order valence-corrected chi connectivity index (χ4v) is 7.15. The molecule has 2 heteroatoms. The fraction of sp³-hybridized carbons (Fsp3) is 0.333. The van der Waals surface area contributed by atoms with Crippen molar-refractivity contribution in [1.82, 2.24) is 0 Å². The van der Waals surface area contributed by atoms with E-state index < -0.39 is 0 Å². The first-order valence-corrected chi connectivity index (χ1v) is 19.1. The number of hydrogen-bond acceptors (Lipinski definition) is 2. The molecule has 0 aliphatic carbocycles. The van der Waals surface area contributed by atoms with Crippen molar-refractivity contribution in [3.8, 4) is 33.4 Å². The van der Waals surface area contributed by atoms with Crippen LogP contribution in [0.4, 0.5) is 11.4 Å². The Kier molecular flexibility index (Phi) is 13.9. The van der Waals surface area contributed by atoms with Gasteiger partial charge in [0, 0.05) is 0 Å². The van der Waals surface area contributed by atoms with E-state index in [1.165, 1.54) is 88.6 Å². The lowest BCUT2D eigenvalue weighted by atomic mass is 9.88. The lowest BCUT2D eigenvalue weighted by molar-refractivity contribution is 0.608. The van der Waals surface area contributed by atoms with E-state index in [0.29, 0.717) is 0 Å². The van der Waals surface area contributed by atoms with Crippen LogP contribution < -0.4 is 0 Å². The largest absolute Gasteiger partial charge is 0.252 e. The average Bonchev–Trinajstić information content (AvgIpc) is 3.15. The number of aliphatic imine (C=N–C) groups is 2. The van der Waals surface area contributed by atoms with Crippen LogP contribution in [0.5, 0.6) is 0 Å². The first kappa shape index (κ1) is 36.7. The summed E-state index contributed by atoms with van der Waals surface area (Å²) < 4.78 is 0. The Balaban J connectivity index is 1.54. The summed E-state index contributed by atoms with van der Waals surface area (Å²) in [6.07, 6.45) is 13.0. The van der Waals surface area contributed by atoms with Gasteiger partial charge in [-0.15, -0.1) is 0 Å². The number of rotatable bonds is 17. The Bertz CT molecular complexity index is 1850. The molecule has 0 atom stereocenters. The van der Waals surface area contributed by atoms with Gasteiger partial charge in [-0.2, -0.15) is 0 Å². The molecule has 0 unspecified atom stereocenters. The van der Waals surface area contributed by atoms with E-state index in [4.69, 9.17) is 9.98 Å². The minimum absolute atomic E-state index is 0.817. The highest BCUT2D eigenvalue weighted by Crippen LogP contribution is 2.39. The third-order valence-electron chi connectivity index (χ3n) is 9.73. The standard InChI is InChI=1S/C48H56N2/c1-6-9-11-12-13-17-31-41-33-43(32-36(4)47(41)39-27-20-15-21-28-39)50-46(8-3)37(5)49-44-34-42(24-10-7-2)48(40-29-22-16-23-30-40)45(35-44)38-25-18-14-19-26-38/h14-16,18-23,25-30,32-35H,6-13,17,24,31H2,1-5H3. The number of hydrogen-bond donors (Lipinski definition) is 0. The van der Waals surface area contributed by atoms with Gasteiger partial charge in [0.25, 0.3) is 0 Å². The van der Waals surface area contributed by atoms with Crippen LogP contribution >= 0.6 is 0 Å². The van der Waals surface area contributed by atoms with Gasteiger partial charge in [-0.1, -0.05) is 150 Å². The van der Waals surface area contributed by atoms with Crippen molar-refractivity contribution in [2.24, 2.45) is 9.98 Å². The minimum Gasteiger partial charge on any atom is -0.252 e. The highest BCUT2D eigenvalue weighted by atomic mass is 14.8. The molecule has 0 aromatic heterocycles. The lowest BCUT2D eigenvalue weighted by Gasteiger charge is -2.18.